The van der Waals surface area contributed by atoms with Gasteiger partial charge in [-0.2, -0.15) is 16.9 Å². The van der Waals surface area contributed by atoms with Gasteiger partial charge < -0.3 is 9.55 Å². The number of aryl methyl sites for hydroxylation is 2. The highest BCUT2D eigenvalue weighted by molar-refractivity contribution is 8.00. The van der Waals surface area contributed by atoms with Crippen molar-refractivity contribution in [2.24, 2.45) is 0 Å². The Labute approximate surface area is 122 Å². The van der Waals surface area contributed by atoms with Gasteiger partial charge in [-0.05, 0) is 51.6 Å². The minimum Gasteiger partial charge on any atom is -0.328 e. The van der Waals surface area contributed by atoms with Crippen LogP contribution in [0.2, 0.25) is 0 Å². The SMILES string of the molecule is CCn1nc(C)c2[nH]c(=S)n(CC3(C)CCCS3)c21. The molecule has 0 aliphatic carbocycles. The fraction of sp³-hybridized carbons (Fsp3) is 0.692. The standard InChI is InChI=1S/C13H20N4S2/c1-4-17-11-10(9(2)15-17)14-12(18)16(11)8-13(3)6-5-7-19-13/h4-8H2,1-3H3,(H,14,18). The molecule has 1 aliphatic rings. The Kier molecular flexibility index (Phi) is 3.25. The van der Waals surface area contributed by atoms with Crippen molar-refractivity contribution < 1.29 is 0 Å². The van der Waals surface area contributed by atoms with Crippen molar-refractivity contribution >= 4 is 35.1 Å². The van der Waals surface area contributed by atoms with E-state index in [2.05, 4.69) is 44.9 Å². The minimum atomic E-state index is 0.310. The molecule has 19 heavy (non-hydrogen) atoms. The van der Waals surface area contributed by atoms with Crippen LogP contribution in [0, 0.1) is 11.7 Å². The summed E-state index contributed by atoms with van der Waals surface area (Å²) in [6.45, 7) is 8.36. The zero-order valence-electron chi connectivity index (χ0n) is 11.7. The van der Waals surface area contributed by atoms with Crippen molar-refractivity contribution in [2.45, 2.75) is 51.4 Å². The highest BCUT2D eigenvalue weighted by Crippen LogP contribution is 2.39. The van der Waals surface area contributed by atoms with E-state index in [9.17, 15) is 0 Å². The van der Waals surface area contributed by atoms with E-state index in [-0.39, 0.29) is 0 Å². The number of rotatable bonds is 3. The molecule has 1 N–H and O–H groups in total. The summed E-state index contributed by atoms with van der Waals surface area (Å²) in [5.41, 5.74) is 3.28. The average molecular weight is 296 g/mol. The molecule has 1 atom stereocenters. The molecule has 0 amide bonds. The third kappa shape index (κ3) is 2.14. The monoisotopic (exact) mass is 296 g/mol. The van der Waals surface area contributed by atoms with Gasteiger partial charge in [0.15, 0.2) is 10.4 Å². The van der Waals surface area contributed by atoms with E-state index in [0.29, 0.717) is 4.75 Å². The largest absolute Gasteiger partial charge is 0.328 e. The molecule has 2 aromatic heterocycles. The third-order valence-corrected chi connectivity index (χ3v) is 5.77. The van der Waals surface area contributed by atoms with E-state index in [0.717, 1.165) is 34.7 Å². The third-order valence-electron chi connectivity index (χ3n) is 3.93. The van der Waals surface area contributed by atoms with Crippen LogP contribution in [-0.2, 0) is 13.1 Å². The predicted molar refractivity (Wildman–Crippen MR) is 83.4 cm³/mol. The summed E-state index contributed by atoms with van der Waals surface area (Å²) in [5.74, 6) is 1.27. The van der Waals surface area contributed by atoms with Gasteiger partial charge in [-0.3, -0.25) is 0 Å². The van der Waals surface area contributed by atoms with Crippen LogP contribution in [0.3, 0.4) is 0 Å². The molecule has 1 fully saturated rings. The van der Waals surface area contributed by atoms with Gasteiger partial charge in [0.2, 0.25) is 0 Å². The maximum atomic E-state index is 5.52. The van der Waals surface area contributed by atoms with Gasteiger partial charge in [0, 0.05) is 17.8 Å². The lowest BCUT2D eigenvalue weighted by Crippen LogP contribution is -2.24. The van der Waals surface area contributed by atoms with E-state index < -0.39 is 0 Å². The van der Waals surface area contributed by atoms with Crippen LogP contribution in [0.1, 0.15) is 32.4 Å². The first-order valence-electron chi connectivity index (χ1n) is 6.84. The van der Waals surface area contributed by atoms with E-state index in [4.69, 9.17) is 12.2 Å². The number of hydrogen-bond donors (Lipinski definition) is 1. The number of H-pyrrole nitrogens is 1. The quantitative estimate of drug-likeness (QED) is 0.881. The Balaban J connectivity index is 2.12. The fourth-order valence-electron chi connectivity index (χ4n) is 2.92. The fourth-order valence-corrected chi connectivity index (χ4v) is 4.47. The van der Waals surface area contributed by atoms with Crippen molar-refractivity contribution in [3.8, 4) is 0 Å². The van der Waals surface area contributed by atoms with Gasteiger partial charge in [0.1, 0.15) is 5.52 Å². The van der Waals surface area contributed by atoms with Crippen LogP contribution in [-0.4, -0.2) is 29.8 Å². The lowest BCUT2D eigenvalue weighted by atomic mass is 10.1. The van der Waals surface area contributed by atoms with Crippen molar-refractivity contribution in [1.82, 2.24) is 19.3 Å². The maximum absolute atomic E-state index is 5.52. The topological polar surface area (TPSA) is 38.5 Å². The zero-order chi connectivity index (χ0) is 13.6. The molecular formula is C13H20N4S2. The molecular weight excluding hydrogens is 276 g/mol. The molecule has 1 saturated heterocycles. The molecule has 0 saturated carbocycles. The normalized spacial score (nSPS) is 23.5. The van der Waals surface area contributed by atoms with Crippen molar-refractivity contribution in [3.63, 3.8) is 0 Å². The Morgan fingerprint density at radius 2 is 2.32 bits per heavy atom. The van der Waals surface area contributed by atoms with E-state index >= 15 is 0 Å². The number of nitrogens with zero attached hydrogens (tertiary/aromatic N) is 3. The van der Waals surface area contributed by atoms with Crippen molar-refractivity contribution in [2.75, 3.05) is 5.75 Å². The lowest BCUT2D eigenvalue weighted by molar-refractivity contribution is 0.504. The van der Waals surface area contributed by atoms with Crippen LogP contribution >= 0.6 is 24.0 Å². The molecule has 3 rings (SSSR count). The first-order valence-corrected chi connectivity index (χ1v) is 8.23. The number of aromatic nitrogens is 4. The van der Waals surface area contributed by atoms with Gasteiger partial charge in [-0.1, -0.05) is 0 Å². The highest BCUT2D eigenvalue weighted by atomic mass is 32.2. The second kappa shape index (κ2) is 4.66. The molecule has 6 heteroatoms. The van der Waals surface area contributed by atoms with Crippen LogP contribution in [0.4, 0.5) is 0 Å². The summed E-state index contributed by atoms with van der Waals surface area (Å²) in [4.78, 5) is 3.33. The first kappa shape index (κ1) is 13.2. The molecule has 0 bridgehead atoms. The van der Waals surface area contributed by atoms with Gasteiger partial charge in [0.05, 0.1) is 5.69 Å². The lowest BCUT2D eigenvalue weighted by Gasteiger charge is -2.23. The Morgan fingerprint density at radius 1 is 1.53 bits per heavy atom. The summed E-state index contributed by atoms with van der Waals surface area (Å²) >= 11 is 7.58. The molecule has 4 nitrogen and oxygen atoms in total. The van der Waals surface area contributed by atoms with Gasteiger partial charge in [0.25, 0.3) is 0 Å². The van der Waals surface area contributed by atoms with Gasteiger partial charge >= 0.3 is 0 Å². The Morgan fingerprint density at radius 3 is 2.95 bits per heavy atom. The molecule has 0 spiro atoms. The number of aromatic amines is 1. The highest BCUT2D eigenvalue weighted by Gasteiger charge is 2.31. The second-order valence-corrected chi connectivity index (χ2v) is 7.59. The first-order chi connectivity index (χ1) is 9.04. The summed E-state index contributed by atoms with van der Waals surface area (Å²) in [6, 6.07) is 0. The molecule has 0 aromatic carbocycles. The molecule has 2 aromatic rings. The summed E-state index contributed by atoms with van der Waals surface area (Å²) < 4.78 is 5.43. The van der Waals surface area contributed by atoms with Crippen LogP contribution in [0.5, 0.6) is 0 Å². The van der Waals surface area contributed by atoms with Crippen LogP contribution in [0.15, 0.2) is 0 Å². The van der Waals surface area contributed by atoms with Crippen LogP contribution in [0.25, 0.3) is 11.2 Å². The van der Waals surface area contributed by atoms with Gasteiger partial charge in [-0.25, -0.2) is 4.68 Å². The van der Waals surface area contributed by atoms with E-state index in [1.807, 2.05) is 6.92 Å². The molecule has 1 aliphatic heterocycles. The number of fused-ring (bicyclic) bond motifs is 1. The number of thioether (sulfide) groups is 1. The number of nitrogens with one attached hydrogen (secondary N) is 1. The average Bonchev–Trinajstić information content (AvgIpc) is 3.00. The summed E-state index contributed by atoms with van der Waals surface area (Å²) in [7, 11) is 0. The summed E-state index contributed by atoms with van der Waals surface area (Å²) in [5, 5.41) is 4.58. The second-order valence-electron chi connectivity index (χ2n) is 5.52. The molecule has 1 unspecified atom stereocenters. The van der Waals surface area contributed by atoms with Crippen molar-refractivity contribution in [3.05, 3.63) is 10.5 Å². The molecule has 104 valence electrons. The summed E-state index contributed by atoms with van der Waals surface area (Å²) in [6.07, 6.45) is 2.58. The van der Waals surface area contributed by atoms with Crippen LogP contribution < -0.4 is 0 Å². The maximum Gasteiger partial charge on any atom is 0.179 e. The van der Waals surface area contributed by atoms with E-state index in [1.165, 1.54) is 18.6 Å². The number of hydrogen-bond acceptors (Lipinski definition) is 3. The molecule has 0 radical (unpaired) electrons. The van der Waals surface area contributed by atoms with E-state index in [1.54, 1.807) is 0 Å². The van der Waals surface area contributed by atoms with Gasteiger partial charge in [-0.15, -0.1) is 0 Å². The zero-order valence-corrected chi connectivity index (χ0v) is 13.3. The minimum absolute atomic E-state index is 0.310. The molecule has 3 heterocycles. The predicted octanol–water partition coefficient (Wildman–Crippen LogP) is 3.51. The Hall–Kier alpha value is -0.750. The smallest absolute Gasteiger partial charge is 0.179 e. The Bertz CT molecular complexity index is 658. The number of imidazole rings is 1. The van der Waals surface area contributed by atoms with Crippen molar-refractivity contribution in [1.29, 1.82) is 0 Å².